The van der Waals surface area contributed by atoms with E-state index in [9.17, 15) is 18.4 Å². The van der Waals surface area contributed by atoms with Gasteiger partial charge >= 0.3 is 6.03 Å². The molecule has 1 fully saturated rings. The predicted molar refractivity (Wildman–Crippen MR) is 155 cm³/mol. The molecule has 0 saturated carbocycles. The number of hydrogen-bond donors (Lipinski definition) is 1. The Bertz CT molecular complexity index is 1610. The Balaban J connectivity index is 1.39. The molecular weight excluding hydrogens is 526 g/mol. The van der Waals surface area contributed by atoms with Crippen molar-refractivity contribution in [2.24, 2.45) is 0 Å². The van der Waals surface area contributed by atoms with Crippen LogP contribution in [0.5, 0.6) is 5.75 Å². The minimum absolute atomic E-state index is 0.140. The number of amides is 3. The summed E-state index contributed by atoms with van der Waals surface area (Å²) in [6.45, 7) is 7.17. The van der Waals surface area contributed by atoms with Crippen molar-refractivity contribution in [1.82, 2.24) is 14.4 Å². The maximum absolute atomic E-state index is 15.0. The molecule has 1 N–H and O–H groups in total. The molecule has 0 unspecified atom stereocenters. The summed E-state index contributed by atoms with van der Waals surface area (Å²) in [4.78, 5) is 30.1. The minimum atomic E-state index is -0.735. The molecule has 41 heavy (non-hydrogen) atoms. The first kappa shape index (κ1) is 27.9. The average molecular weight is 559 g/mol. The van der Waals surface area contributed by atoms with E-state index in [1.54, 1.807) is 46.6 Å². The number of aryl methyl sites for hydroxylation is 1. The van der Waals surface area contributed by atoms with Crippen molar-refractivity contribution in [1.29, 1.82) is 0 Å². The fraction of sp³-hybridized carbons (Fsp3) is 0.250. The number of carbonyl (C=O) groups is 2. The summed E-state index contributed by atoms with van der Waals surface area (Å²) in [6.07, 6.45) is 0. The number of carbonyl (C=O) groups excluding carboxylic acids is 2. The summed E-state index contributed by atoms with van der Waals surface area (Å²) < 4.78 is 35.6. The normalized spacial score (nSPS) is 13.3. The molecule has 0 bridgehead atoms. The van der Waals surface area contributed by atoms with Crippen LogP contribution in [0.1, 0.15) is 27.2 Å². The number of halogens is 2. The van der Waals surface area contributed by atoms with Gasteiger partial charge in [-0.15, -0.1) is 0 Å². The highest BCUT2D eigenvalue weighted by atomic mass is 19.1. The molecule has 3 aromatic carbocycles. The molecule has 9 heteroatoms. The number of anilines is 1. The molecule has 1 aliphatic heterocycles. The number of nitrogens with one attached hydrogen (secondary N) is 1. The monoisotopic (exact) mass is 558 g/mol. The third-order valence-electron chi connectivity index (χ3n) is 7.71. The lowest BCUT2D eigenvalue weighted by Crippen LogP contribution is -2.51. The second-order valence-electron chi connectivity index (χ2n) is 10.1. The second-order valence-corrected chi connectivity index (χ2v) is 10.1. The molecule has 212 valence electrons. The largest absolute Gasteiger partial charge is 0.497 e. The van der Waals surface area contributed by atoms with Gasteiger partial charge in [-0.2, -0.15) is 0 Å². The van der Waals surface area contributed by atoms with Gasteiger partial charge in [0.25, 0.3) is 5.91 Å². The van der Waals surface area contributed by atoms with Crippen LogP contribution in [0.3, 0.4) is 0 Å². The third-order valence-corrected chi connectivity index (χ3v) is 7.71. The first-order chi connectivity index (χ1) is 19.7. The number of nitrogens with zero attached hydrogens (tertiary/aromatic N) is 3. The molecule has 0 atom stereocenters. The number of aromatic nitrogens is 1. The van der Waals surface area contributed by atoms with Crippen LogP contribution in [0.2, 0.25) is 0 Å². The number of benzene rings is 3. The lowest BCUT2D eigenvalue weighted by atomic mass is 10.1. The van der Waals surface area contributed by atoms with Gasteiger partial charge in [0.05, 0.1) is 24.1 Å². The van der Waals surface area contributed by atoms with Gasteiger partial charge < -0.3 is 24.4 Å². The molecule has 0 spiro atoms. The van der Waals surface area contributed by atoms with Gasteiger partial charge in [-0.05, 0) is 86.0 Å². The Kier molecular flexibility index (Phi) is 7.79. The van der Waals surface area contributed by atoms with Gasteiger partial charge in [0.15, 0.2) is 0 Å². The molecule has 1 saturated heterocycles. The van der Waals surface area contributed by atoms with E-state index in [0.29, 0.717) is 48.9 Å². The first-order valence-electron chi connectivity index (χ1n) is 13.4. The molecule has 5 rings (SSSR count). The Morgan fingerprint density at radius 1 is 0.854 bits per heavy atom. The van der Waals surface area contributed by atoms with Crippen molar-refractivity contribution in [3.05, 3.63) is 101 Å². The Morgan fingerprint density at radius 2 is 1.54 bits per heavy atom. The number of piperazine rings is 1. The van der Waals surface area contributed by atoms with Crippen LogP contribution in [0.4, 0.5) is 19.3 Å². The number of urea groups is 1. The zero-order chi connectivity index (χ0) is 29.3. The summed E-state index contributed by atoms with van der Waals surface area (Å²) in [5, 5.41) is 2.98. The van der Waals surface area contributed by atoms with Gasteiger partial charge in [0.1, 0.15) is 17.4 Å². The van der Waals surface area contributed by atoms with Crippen LogP contribution < -0.4 is 10.1 Å². The van der Waals surface area contributed by atoms with Gasteiger partial charge in [-0.3, -0.25) is 4.79 Å². The van der Waals surface area contributed by atoms with Crippen molar-refractivity contribution in [2.75, 3.05) is 38.6 Å². The van der Waals surface area contributed by atoms with Crippen LogP contribution in [0.25, 0.3) is 16.9 Å². The van der Waals surface area contributed by atoms with Crippen molar-refractivity contribution < 1.29 is 23.1 Å². The van der Waals surface area contributed by atoms with E-state index >= 15 is 0 Å². The van der Waals surface area contributed by atoms with Gasteiger partial charge in [0, 0.05) is 43.6 Å². The smallest absolute Gasteiger partial charge is 0.321 e. The predicted octanol–water partition coefficient (Wildman–Crippen LogP) is 6.35. The van der Waals surface area contributed by atoms with E-state index in [4.69, 9.17) is 4.74 Å². The lowest BCUT2D eigenvalue weighted by Gasteiger charge is -2.35. The van der Waals surface area contributed by atoms with E-state index < -0.39 is 11.6 Å². The Hall–Kier alpha value is -4.66. The highest BCUT2D eigenvalue weighted by Crippen LogP contribution is 2.32. The van der Waals surface area contributed by atoms with Gasteiger partial charge in [-0.1, -0.05) is 12.1 Å². The molecule has 2 heterocycles. The van der Waals surface area contributed by atoms with Gasteiger partial charge in [0.2, 0.25) is 0 Å². The van der Waals surface area contributed by atoms with Crippen molar-refractivity contribution in [3.63, 3.8) is 0 Å². The average Bonchev–Trinajstić information content (AvgIpc) is 3.31. The lowest BCUT2D eigenvalue weighted by molar-refractivity contribution is 0.0671. The van der Waals surface area contributed by atoms with Crippen LogP contribution >= 0.6 is 0 Å². The summed E-state index contributed by atoms with van der Waals surface area (Å²) in [5.41, 5.74) is 5.28. The van der Waals surface area contributed by atoms with E-state index in [1.165, 1.54) is 12.1 Å². The molecule has 0 radical (unpaired) electrons. The fourth-order valence-corrected chi connectivity index (χ4v) is 5.13. The van der Waals surface area contributed by atoms with Crippen LogP contribution in [0, 0.1) is 32.4 Å². The minimum Gasteiger partial charge on any atom is -0.497 e. The summed E-state index contributed by atoms with van der Waals surface area (Å²) >= 11 is 0. The molecule has 7 nitrogen and oxygen atoms in total. The van der Waals surface area contributed by atoms with Crippen molar-refractivity contribution in [3.8, 4) is 22.7 Å². The van der Waals surface area contributed by atoms with E-state index in [2.05, 4.69) is 5.32 Å². The zero-order valence-corrected chi connectivity index (χ0v) is 23.5. The van der Waals surface area contributed by atoms with E-state index in [1.807, 2.05) is 44.2 Å². The van der Waals surface area contributed by atoms with Crippen molar-refractivity contribution >= 4 is 17.6 Å². The van der Waals surface area contributed by atoms with Crippen LogP contribution in [-0.4, -0.2) is 59.6 Å². The Labute approximate surface area is 238 Å². The standard InChI is InChI=1S/C32H32F2N4O3/c1-20-6-5-7-28(21(20)2)35-32(40)37-16-14-36(15-17-37)31(39)26-19-30(23-8-11-25(41-4)12-9-23)38(22(26)3)29-13-10-24(33)18-27(29)34/h5-13,18-19H,14-17H2,1-4H3,(H,35,40). The van der Waals surface area contributed by atoms with E-state index in [-0.39, 0.29) is 17.6 Å². The Morgan fingerprint density at radius 3 is 2.20 bits per heavy atom. The zero-order valence-electron chi connectivity index (χ0n) is 23.5. The number of methoxy groups -OCH3 is 1. The SMILES string of the molecule is COc1ccc(-c2cc(C(=O)N3CCN(C(=O)Nc4cccc(C)c4C)CC3)c(C)n2-c2ccc(F)cc2F)cc1. The fourth-order valence-electron chi connectivity index (χ4n) is 5.13. The number of ether oxygens (including phenoxy) is 1. The molecular formula is C32H32F2N4O3. The third kappa shape index (κ3) is 5.52. The highest BCUT2D eigenvalue weighted by Gasteiger charge is 2.29. The van der Waals surface area contributed by atoms with Crippen LogP contribution in [0.15, 0.2) is 66.7 Å². The van der Waals surface area contributed by atoms with Gasteiger partial charge in [-0.25, -0.2) is 13.6 Å². The van der Waals surface area contributed by atoms with E-state index in [0.717, 1.165) is 28.4 Å². The molecule has 3 amide bonds. The molecule has 4 aromatic rings. The second kappa shape index (κ2) is 11.4. The summed E-state index contributed by atoms with van der Waals surface area (Å²) in [6, 6.07) is 17.9. The maximum atomic E-state index is 15.0. The first-order valence-corrected chi connectivity index (χ1v) is 13.4. The molecule has 1 aliphatic rings. The quantitative estimate of drug-likeness (QED) is 0.311. The van der Waals surface area contributed by atoms with Crippen molar-refractivity contribution in [2.45, 2.75) is 20.8 Å². The van der Waals surface area contributed by atoms with Crippen LogP contribution in [-0.2, 0) is 0 Å². The number of rotatable bonds is 5. The summed E-state index contributed by atoms with van der Waals surface area (Å²) in [5.74, 6) is -0.973. The number of hydrogen-bond acceptors (Lipinski definition) is 3. The maximum Gasteiger partial charge on any atom is 0.321 e. The molecule has 0 aliphatic carbocycles. The molecule has 1 aromatic heterocycles. The summed E-state index contributed by atoms with van der Waals surface area (Å²) in [7, 11) is 1.57. The highest BCUT2D eigenvalue weighted by molar-refractivity contribution is 5.98. The topological polar surface area (TPSA) is 66.8 Å².